The number of aromatic nitrogens is 1. The van der Waals surface area contributed by atoms with E-state index in [-0.39, 0.29) is 24.6 Å². The van der Waals surface area contributed by atoms with Crippen molar-refractivity contribution in [2.24, 2.45) is 0 Å². The van der Waals surface area contributed by atoms with Crippen molar-refractivity contribution in [1.82, 2.24) is 4.98 Å². The molecular weight excluding hydrogens is 285 g/mol. The fourth-order valence-electron chi connectivity index (χ4n) is 1.87. The van der Waals surface area contributed by atoms with Crippen LogP contribution in [0.1, 0.15) is 16.8 Å². The van der Waals surface area contributed by atoms with Crippen molar-refractivity contribution >= 4 is 5.69 Å². The van der Waals surface area contributed by atoms with Crippen LogP contribution >= 0.6 is 0 Å². The van der Waals surface area contributed by atoms with Crippen LogP contribution in [0.5, 0.6) is 5.75 Å². The highest BCUT2D eigenvalue weighted by Gasteiger charge is 2.13. The highest BCUT2D eigenvalue weighted by atomic mass is 19.2. The molecule has 0 atom stereocenters. The molecule has 0 fully saturated rings. The van der Waals surface area contributed by atoms with Gasteiger partial charge in [-0.1, -0.05) is 0 Å². The molecule has 0 unspecified atom stereocenters. The number of aromatic hydroxyl groups is 1. The number of nitrogens with zero attached hydrogens (tertiary/aromatic N) is 1. The second kappa shape index (κ2) is 6.01. The topological polar surface area (TPSA) is 65.4 Å². The van der Waals surface area contributed by atoms with Crippen molar-refractivity contribution < 1.29 is 23.4 Å². The molecule has 2 rings (SSSR count). The van der Waals surface area contributed by atoms with Crippen LogP contribution in [0.4, 0.5) is 18.9 Å². The fraction of sp³-hybridized carbons (Fsp3) is 0.214. The minimum Gasteiger partial charge on any atom is -0.506 e. The number of aliphatic hydroxyl groups excluding tert-OH is 1. The molecule has 1 heterocycles. The number of hydrogen-bond acceptors (Lipinski definition) is 4. The predicted octanol–water partition coefficient (Wildman–Crippen LogP) is 2.62. The molecule has 0 amide bonds. The first-order valence-corrected chi connectivity index (χ1v) is 6.09. The lowest BCUT2D eigenvalue weighted by atomic mass is 10.1. The second-order valence-electron chi connectivity index (χ2n) is 4.46. The van der Waals surface area contributed by atoms with Crippen LogP contribution < -0.4 is 5.32 Å². The average Bonchev–Trinajstić information content (AvgIpc) is 2.46. The van der Waals surface area contributed by atoms with Gasteiger partial charge in [0.05, 0.1) is 12.3 Å². The zero-order chi connectivity index (χ0) is 15.6. The van der Waals surface area contributed by atoms with Gasteiger partial charge in [0.1, 0.15) is 5.75 Å². The van der Waals surface area contributed by atoms with Gasteiger partial charge >= 0.3 is 0 Å². The first-order valence-electron chi connectivity index (χ1n) is 6.09. The molecule has 0 bridgehead atoms. The van der Waals surface area contributed by atoms with E-state index in [9.17, 15) is 23.4 Å². The molecule has 0 aliphatic carbocycles. The van der Waals surface area contributed by atoms with Crippen molar-refractivity contribution in [1.29, 1.82) is 0 Å². The van der Waals surface area contributed by atoms with Crippen LogP contribution in [0.2, 0.25) is 0 Å². The first-order chi connectivity index (χ1) is 9.93. The Kier molecular flexibility index (Phi) is 4.32. The summed E-state index contributed by atoms with van der Waals surface area (Å²) in [6.45, 7) is 1.23. The first kappa shape index (κ1) is 15.1. The van der Waals surface area contributed by atoms with E-state index in [0.717, 1.165) is 12.1 Å². The fourth-order valence-corrected chi connectivity index (χ4v) is 1.87. The zero-order valence-electron chi connectivity index (χ0n) is 11.1. The maximum Gasteiger partial charge on any atom is 0.194 e. The van der Waals surface area contributed by atoms with E-state index in [1.54, 1.807) is 6.92 Å². The lowest BCUT2D eigenvalue weighted by Gasteiger charge is -2.13. The molecule has 21 heavy (non-hydrogen) atoms. The Balaban J connectivity index is 2.26. The molecule has 0 spiro atoms. The van der Waals surface area contributed by atoms with E-state index in [0.29, 0.717) is 16.8 Å². The van der Waals surface area contributed by atoms with E-state index >= 15 is 0 Å². The van der Waals surface area contributed by atoms with Gasteiger partial charge in [-0.25, -0.2) is 13.2 Å². The molecule has 0 aliphatic heterocycles. The van der Waals surface area contributed by atoms with E-state index in [2.05, 4.69) is 10.3 Å². The summed E-state index contributed by atoms with van der Waals surface area (Å²) in [5.41, 5.74) is 1.12. The van der Waals surface area contributed by atoms with Crippen LogP contribution in [0.3, 0.4) is 0 Å². The Morgan fingerprint density at radius 2 is 1.81 bits per heavy atom. The van der Waals surface area contributed by atoms with Gasteiger partial charge in [0.15, 0.2) is 17.5 Å². The van der Waals surface area contributed by atoms with Crippen LogP contribution in [0, 0.1) is 24.4 Å². The maximum absolute atomic E-state index is 13.1. The van der Waals surface area contributed by atoms with Gasteiger partial charge in [-0.2, -0.15) is 0 Å². The predicted molar refractivity (Wildman–Crippen MR) is 70.2 cm³/mol. The van der Waals surface area contributed by atoms with Gasteiger partial charge in [0.2, 0.25) is 0 Å². The third kappa shape index (κ3) is 3.08. The maximum atomic E-state index is 13.1. The number of halogens is 3. The van der Waals surface area contributed by atoms with E-state index in [4.69, 9.17) is 0 Å². The summed E-state index contributed by atoms with van der Waals surface area (Å²) in [5, 5.41) is 21.8. The van der Waals surface area contributed by atoms with Gasteiger partial charge in [0.25, 0.3) is 0 Å². The third-order valence-corrected chi connectivity index (χ3v) is 3.05. The number of nitrogens with one attached hydrogen (secondary N) is 1. The summed E-state index contributed by atoms with van der Waals surface area (Å²) in [7, 11) is 0. The number of aryl methyl sites for hydroxylation is 1. The normalized spacial score (nSPS) is 10.7. The Morgan fingerprint density at radius 3 is 2.38 bits per heavy atom. The van der Waals surface area contributed by atoms with Crippen LogP contribution in [-0.4, -0.2) is 15.2 Å². The molecule has 0 radical (unpaired) electrons. The molecule has 4 nitrogen and oxygen atoms in total. The molecule has 0 aliphatic rings. The van der Waals surface area contributed by atoms with Gasteiger partial charge < -0.3 is 15.5 Å². The van der Waals surface area contributed by atoms with Crippen molar-refractivity contribution in [2.75, 3.05) is 5.32 Å². The summed E-state index contributed by atoms with van der Waals surface area (Å²) in [6, 6.07) is 1.62. The second-order valence-corrected chi connectivity index (χ2v) is 4.46. The van der Waals surface area contributed by atoms with Crippen LogP contribution in [0.25, 0.3) is 0 Å². The van der Waals surface area contributed by atoms with Crippen molar-refractivity contribution in [2.45, 2.75) is 20.1 Å². The van der Waals surface area contributed by atoms with Crippen LogP contribution in [-0.2, 0) is 13.2 Å². The minimum atomic E-state index is -1.54. The summed E-state index contributed by atoms with van der Waals surface area (Å²) in [5.74, 6) is -4.28. The Morgan fingerprint density at radius 1 is 1.19 bits per heavy atom. The SMILES string of the molecule is Cc1ncc(CO)c(CNc2cc(F)c(F)c(F)c2)c1O. The quantitative estimate of drug-likeness (QED) is 0.759. The minimum absolute atomic E-state index is 0.00437. The highest BCUT2D eigenvalue weighted by Crippen LogP contribution is 2.25. The van der Waals surface area contributed by atoms with Gasteiger partial charge in [-0.05, 0) is 6.92 Å². The summed E-state index contributed by atoms with van der Waals surface area (Å²) in [6.07, 6.45) is 1.40. The summed E-state index contributed by atoms with van der Waals surface area (Å²) < 4.78 is 39.1. The Labute approximate surface area is 118 Å². The number of benzene rings is 1. The van der Waals surface area contributed by atoms with Crippen molar-refractivity contribution in [3.05, 3.63) is 52.6 Å². The lowest BCUT2D eigenvalue weighted by molar-refractivity contribution is 0.279. The molecule has 0 saturated heterocycles. The molecular formula is C14H13F3N2O2. The average molecular weight is 298 g/mol. The number of aliphatic hydroxyl groups is 1. The Bertz CT molecular complexity index is 655. The van der Waals surface area contributed by atoms with Gasteiger partial charge in [-0.3, -0.25) is 4.98 Å². The standard InChI is InChI=1S/C14H13F3N2O2/c1-7-14(21)10(8(6-20)4-18-7)5-19-9-2-11(15)13(17)12(16)3-9/h2-4,19-21H,5-6H2,1H3. The molecule has 2 aromatic rings. The Hall–Kier alpha value is -2.28. The number of hydrogen-bond donors (Lipinski definition) is 3. The van der Waals surface area contributed by atoms with Crippen LogP contribution in [0.15, 0.2) is 18.3 Å². The van der Waals surface area contributed by atoms with Gasteiger partial charge in [-0.15, -0.1) is 0 Å². The van der Waals surface area contributed by atoms with E-state index in [1.165, 1.54) is 6.20 Å². The molecule has 112 valence electrons. The molecule has 0 saturated carbocycles. The zero-order valence-corrected chi connectivity index (χ0v) is 11.1. The molecule has 1 aromatic carbocycles. The highest BCUT2D eigenvalue weighted by molar-refractivity contribution is 5.48. The van der Waals surface area contributed by atoms with Crippen molar-refractivity contribution in [3.63, 3.8) is 0 Å². The largest absolute Gasteiger partial charge is 0.506 e. The third-order valence-electron chi connectivity index (χ3n) is 3.05. The smallest absolute Gasteiger partial charge is 0.194 e. The van der Waals surface area contributed by atoms with Gasteiger partial charge in [0, 0.05) is 41.7 Å². The summed E-state index contributed by atoms with van der Waals surface area (Å²) >= 11 is 0. The summed E-state index contributed by atoms with van der Waals surface area (Å²) in [4.78, 5) is 3.90. The molecule has 1 aromatic heterocycles. The number of anilines is 1. The number of rotatable bonds is 4. The lowest BCUT2D eigenvalue weighted by Crippen LogP contribution is -2.06. The van der Waals surface area contributed by atoms with E-state index < -0.39 is 17.5 Å². The molecule has 7 heteroatoms. The molecule has 3 N–H and O–H groups in total. The monoisotopic (exact) mass is 298 g/mol. The van der Waals surface area contributed by atoms with E-state index in [1.807, 2.05) is 0 Å². The van der Waals surface area contributed by atoms with Crippen molar-refractivity contribution in [3.8, 4) is 5.75 Å². The number of pyridine rings is 1.